The topological polar surface area (TPSA) is 64.6 Å². The van der Waals surface area contributed by atoms with Crippen LogP contribution in [0.4, 0.5) is 5.69 Å². The number of rotatable bonds is 4. The molecule has 3 aromatic rings. The van der Waals surface area contributed by atoms with Crippen LogP contribution in [0.5, 0.6) is 11.5 Å². The maximum atomic E-state index is 12.8. The second-order valence-electron chi connectivity index (χ2n) is 5.76. The number of hydrogen-bond donors (Lipinski definition) is 1. The van der Waals surface area contributed by atoms with Gasteiger partial charge in [-0.15, -0.1) is 0 Å². The highest BCUT2D eigenvalue weighted by Gasteiger charge is 2.19. The van der Waals surface area contributed by atoms with Crippen LogP contribution in [0.25, 0.3) is 0 Å². The summed E-state index contributed by atoms with van der Waals surface area (Å²) in [6.07, 6.45) is 0. The summed E-state index contributed by atoms with van der Waals surface area (Å²) in [5, 5.41) is 2.81. The number of anilines is 1. The molecule has 0 aromatic heterocycles. The van der Waals surface area contributed by atoms with Crippen LogP contribution in [-0.2, 0) is 0 Å². The van der Waals surface area contributed by atoms with Crippen molar-refractivity contribution < 1.29 is 19.1 Å². The van der Waals surface area contributed by atoms with Crippen molar-refractivity contribution in [2.45, 2.75) is 0 Å². The Morgan fingerprint density at radius 3 is 2.27 bits per heavy atom. The van der Waals surface area contributed by atoms with Crippen LogP contribution in [-0.4, -0.2) is 18.5 Å². The summed E-state index contributed by atoms with van der Waals surface area (Å²) in [5.74, 6) is 0.671. The van der Waals surface area contributed by atoms with Crippen molar-refractivity contribution in [2.24, 2.45) is 0 Å². The molecule has 4 rings (SSSR count). The highest BCUT2D eigenvalue weighted by Crippen LogP contribution is 2.34. The minimum Gasteiger partial charge on any atom is -0.454 e. The molecule has 128 valence electrons. The van der Waals surface area contributed by atoms with Crippen molar-refractivity contribution in [3.63, 3.8) is 0 Å². The van der Waals surface area contributed by atoms with E-state index in [1.165, 1.54) is 0 Å². The SMILES string of the molecule is O=C(Nc1ccc2c(c1)OCO2)c1ccccc1C(=O)c1ccccc1. The van der Waals surface area contributed by atoms with Gasteiger partial charge in [0, 0.05) is 22.9 Å². The van der Waals surface area contributed by atoms with Gasteiger partial charge in [-0.3, -0.25) is 9.59 Å². The number of ketones is 1. The van der Waals surface area contributed by atoms with E-state index in [1.54, 1.807) is 66.7 Å². The first kappa shape index (κ1) is 15.9. The molecular weight excluding hydrogens is 330 g/mol. The maximum Gasteiger partial charge on any atom is 0.256 e. The highest BCUT2D eigenvalue weighted by atomic mass is 16.7. The third kappa shape index (κ3) is 3.02. The van der Waals surface area contributed by atoms with Gasteiger partial charge in [0.15, 0.2) is 17.3 Å². The summed E-state index contributed by atoms with van der Waals surface area (Å²) >= 11 is 0. The predicted octanol–water partition coefficient (Wildman–Crippen LogP) is 3.90. The van der Waals surface area contributed by atoms with E-state index in [2.05, 4.69) is 5.32 Å². The molecule has 1 amide bonds. The minimum atomic E-state index is -0.358. The zero-order chi connectivity index (χ0) is 17.9. The maximum absolute atomic E-state index is 12.8. The van der Waals surface area contributed by atoms with E-state index in [0.29, 0.717) is 33.9 Å². The lowest BCUT2D eigenvalue weighted by atomic mass is 9.98. The van der Waals surface area contributed by atoms with Crippen molar-refractivity contribution >= 4 is 17.4 Å². The lowest BCUT2D eigenvalue weighted by Gasteiger charge is -2.10. The average molecular weight is 345 g/mol. The van der Waals surface area contributed by atoms with Crippen LogP contribution in [0.2, 0.25) is 0 Å². The fourth-order valence-electron chi connectivity index (χ4n) is 2.80. The number of nitrogens with one attached hydrogen (secondary N) is 1. The molecule has 1 aliphatic rings. The number of carbonyl (C=O) groups excluding carboxylic acids is 2. The van der Waals surface area contributed by atoms with Gasteiger partial charge in [0.25, 0.3) is 5.91 Å². The molecule has 0 aliphatic carbocycles. The molecule has 3 aromatic carbocycles. The first-order valence-electron chi connectivity index (χ1n) is 8.12. The molecule has 1 heterocycles. The van der Waals surface area contributed by atoms with Crippen LogP contribution < -0.4 is 14.8 Å². The molecule has 1 N–H and O–H groups in total. The third-order valence-electron chi connectivity index (χ3n) is 4.08. The van der Waals surface area contributed by atoms with Crippen LogP contribution in [0.1, 0.15) is 26.3 Å². The van der Waals surface area contributed by atoms with E-state index >= 15 is 0 Å². The van der Waals surface area contributed by atoms with Gasteiger partial charge in [0.2, 0.25) is 6.79 Å². The Balaban J connectivity index is 1.62. The van der Waals surface area contributed by atoms with E-state index in [9.17, 15) is 9.59 Å². The number of hydrogen-bond acceptors (Lipinski definition) is 4. The summed E-state index contributed by atoms with van der Waals surface area (Å²) < 4.78 is 10.6. The van der Waals surface area contributed by atoms with Crippen molar-refractivity contribution in [1.29, 1.82) is 0 Å². The predicted molar refractivity (Wildman–Crippen MR) is 96.8 cm³/mol. The van der Waals surface area contributed by atoms with E-state index in [1.807, 2.05) is 6.07 Å². The minimum absolute atomic E-state index is 0.168. The number of carbonyl (C=O) groups is 2. The molecule has 26 heavy (non-hydrogen) atoms. The molecule has 0 atom stereocenters. The highest BCUT2D eigenvalue weighted by molar-refractivity contribution is 6.17. The molecular formula is C21H15NO4. The van der Waals surface area contributed by atoms with E-state index in [4.69, 9.17) is 9.47 Å². The smallest absolute Gasteiger partial charge is 0.256 e. The van der Waals surface area contributed by atoms with E-state index in [0.717, 1.165) is 0 Å². The quantitative estimate of drug-likeness (QED) is 0.729. The van der Waals surface area contributed by atoms with Gasteiger partial charge in [-0.2, -0.15) is 0 Å². The summed E-state index contributed by atoms with van der Waals surface area (Å²) in [4.78, 5) is 25.5. The lowest BCUT2D eigenvalue weighted by Crippen LogP contribution is -2.16. The first-order valence-corrected chi connectivity index (χ1v) is 8.12. The molecule has 5 nitrogen and oxygen atoms in total. The molecule has 0 radical (unpaired) electrons. The lowest BCUT2D eigenvalue weighted by molar-refractivity contribution is 0.0996. The standard InChI is InChI=1S/C21H15NO4/c23-20(14-6-2-1-3-7-14)16-8-4-5-9-17(16)21(24)22-15-10-11-18-19(12-15)26-13-25-18/h1-12H,13H2,(H,22,24). The monoisotopic (exact) mass is 345 g/mol. The van der Waals surface area contributed by atoms with Crippen LogP contribution in [0, 0.1) is 0 Å². The fourth-order valence-corrected chi connectivity index (χ4v) is 2.80. The van der Waals surface area contributed by atoms with E-state index in [-0.39, 0.29) is 18.5 Å². The Morgan fingerprint density at radius 1 is 0.769 bits per heavy atom. The number of amides is 1. The van der Waals surface area contributed by atoms with Crippen molar-refractivity contribution in [2.75, 3.05) is 12.1 Å². The van der Waals surface area contributed by atoms with Gasteiger partial charge >= 0.3 is 0 Å². The fraction of sp³-hybridized carbons (Fsp3) is 0.0476. The Kier molecular flexibility index (Phi) is 4.11. The molecule has 0 spiro atoms. The number of benzene rings is 3. The molecule has 0 bridgehead atoms. The summed E-state index contributed by atoms with van der Waals surface area (Å²) in [5.41, 5.74) is 1.79. The zero-order valence-corrected chi connectivity index (χ0v) is 13.8. The summed E-state index contributed by atoms with van der Waals surface area (Å²) in [7, 11) is 0. The average Bonchev–Trinajstić information content (AvgIpc) is 3.16. The molecule has 0 saturated carbocycles. The van der Waals surface area contributed by atoms with E-state index < -0.39 is 0 Å². The van der Waals surface area contributed by atoms with Gasteiger partial charge < -0.3 is 14.8 Å². The molecule has 5 heteroatoms. The second-order valence-corrected chi connectivity index (χ2v) is 5.76. The number of ether oxygens (including phenoxy) is 2. The third-order valence-corrected chi connectivity index (χ3v) is 4.08. The van der Waals surface area contributed by atoms with Crippen molar-refractivity contribution in [3.8, 4) is 11.5 Å². The van der Waals surface area contributed by atoms with Crippen LogP contribution >= 0.6 is 0 Å². The second kappa shape index (κ2) is 6.72. The summed E-state index contributed by atoms with van der Waals surface area (Å²) in [6.45, 7) is 0.168. The Bertz CT molecular complexity index is 982. The van der Waals surface area contributed by atoms with Gasteiger partial charge in [-0.05, 0) is 18.2 Å². The molecule has 1 aliphatic heterocycles. The molecule has 0 fully saturated rings. The number of fused-ring (bicyclic) bond motifs is 1. The van der Waals surface area contributed by atoms with Gasteiger partial charge in [-0.1, -0.05) is 48.5 Å². The largest absolute Gasteiger partial charge is 0.454 e. The van der Waals surface area contributed by atoms with Crippen LogP contribution in [0.3, 0.4) is 0 Å². The van der Waals surface area contributed by atoms with Gasteiger partial charge in [0.1, 0.15) is 0 Å². The molecule has 0 saturated heterocycles. The molecule has 0 unspecified atom stereocenters. The van der Waals surface area contributed by atoms with Gasteiger partial charge in [0.05, 0.1) is 5.56 Å². The zero-order valence-electron chi connectivity index (χ0n) is 13.8. The first-order chi connectivity index (χ1) is 12.7. The van der Waals surface area contributed by atoms with Crippen LogP contribution in [0.15, 0.2) is 72.8 Å². The summed E-state index contributed by atoms with van der Waals surface area (Å²) in [6, 6.07) is 20.8. The van der Waals surface area contributed by atoms with Gasteiger partial charge in [-0.25, -0.2) is 0 Å². The Hall–Kier alpha value is -3.60. The normalized spacial score (nSPS) is 11.8. The Labute approximate surface area is 150 Å². The van der Waals surface area contributed by atoms with Crippen molar-refractivity contribution in [3.05, 3.63) is 89.5 Å². The Morgan fingerprint density at radius 2 is 1.46 bits per heavy atom. The van der Waals surface area contributed by atoms with Crippen molar-refractivity contribution in [1.82, 2.24) is 0 Å².